The molecule has 1 fully saturated rings. The summed E-state index contributed by atoms with van der Waals surface area (Å²) < 4.78 is 16.1. The summed E-state index contributed by atoms with van der Waals surface area (Å²) in [7, 11) is 1.53. The molecule has 2 N–H and O–H groups in total. The molecule has 0 radical (unpaired) electrons. The van der Waals surface area contributed by atoms with Crippen molar-refractivity contribution in [1.29, 1.82) is 0 Å². The van der Waals surface area contributed by atoms with Gasteiger partial charge in [-0.2, -0.15) is 0 Å². The molecule has 3 rings (SSSR count). The maximum absolute atomic E-state index is 12.7. The van der Waals surface area contributed by atoms with Crippen molar-refractivity contribution >= 4 is 28.7 Å². The number of amides is 2. The van der Waals surface area contributed by atoms with Gasteiger partial charge in [-0.15, -0.1) is 0 Å². The van der Waals surface area contributed by atoms with Crippen molar-refractivity contribution in [2.45, 2.75) is 51.4 Å². The van der Waals surface area contributed by atoms with Gasteiger partial charge in [-0.3, -0.25) is 9.78 Å². The Balaban J connectivity index is 1.58. The number of carbonyl (C=O) groups is 2. The van der Waals surface area contributed by atoms with Gasteiger partial charge in [-0.05, 0) is 45.7 Å². The van der Waals surface area contributed by atoms with Crippen LogP contribution in [0.25, 0.3) is 11.0 Å². The summed E-state index contributed by atoms with van der Waals surface area (Å²) >= 11 is 0. The van der Waals surface area contributed by atoms with E-state index < -0.39 is 17.8 Å². The van der Waals surface area contributed by atoms with E-state index in [1.165, 1.54) is 7.11 Å². The van der Waals surface area contributed by atoms with E-state index in [4.69, 9.17) is 14.2 Å². The van der Waals surface area contributed by atoms with Gasteiger partial charge in [-0.25, -0.2) is 9.78 Å². The van der Waals surface area contributed by atoms with Crippen LogP contribution in [-0.4, -0.2) is 53.4 Å². The fraction of sp³-hybridized carbons (Fsp3) is 0.500. The minimum Gasteiger partial charge on any atom is -0.481 e. The topological polar surface area (TPSA) is 112 Å². The van der Waals surface area contributed by atoms with Crippen LogP contribution in [0, 0.1) is 0 Å². The molecule has 29 heavy (non-hydrogen) atoms. The van der Waals surface area contributed by atoms with Crippen molar-refractivity contribution in [3.8, 4) is 5.88 Å². The summed E-state index contributed by atoms with van der Waals surface area (Å²) in [5, 5.41) is 5.63. The number of hydrogen-bond acceptors (Lipinski definition) is 7. The Morgan fingerprint density at radius 3 is 2.66 bits per heavy atom. The first-order chi connectivity index (χ1) is 13.7. The molecule has 9 heteroatoms. The summed E-state index contributed by atoms with van der Waals surface area (Å²) in [5.74, 6) is 0.170. The lowest BCUT2D eigenvalue weighted by molar-refractivity contribution is -0.130. The molecule has 2 atom stereocenters. The summed E-state index contributed by atoms with van der Waals surface area (Å²) in [6.45, 7) is 5.65. The van der Waals surface area contributed by atoms with Gasteiger partial charge in [0.25, 0.3) is 5.91 Å². The fourth-order valence-electron chi connectivity index (χ4n) is 2.98. The lowest BCUT2D eigenvalue weighted by Gasteiger charge is -2.29. The molecule has 0 aromatic carbocycles. The predicted octanol–water partition coefficient (Wildman–Crippen LogP) is 2.65. The Morgan fingerprint density at radius 2 is 2.00 bits per heavy atom. The lowest BCUT2D eigenvalue weighted by atomic mass is 10.0. The quantitative estimate of drug-likeness (QED) is 0.808. The van der Waals surface area contributed by atoms with E-state index in [-0.39, 0.29) is 18.6 Å². The number of ether oxygens (including phenoxy) is 3. The number of pyridine rings is 2. The smallest absolute Gasteiger partial charge is 0.407 e. The van der Waals surface area contributed by atoms with Crippen LogP contribution in [0.4, 0.5) is 10.5 Å². The summed E-state index contributed by atoms with van der Waals surface area (Å²) in [4.78, 5) is 33.1. The van der Waals surface area contributed by atoms with E-state index >= 15 is 0 Å². The van der Waals surface area contributed by atoms with Gasteiger partial charge >= 0.3 is 6.09 Å². The SMILES string of the molecule is COc1ccc2nccc(NC(=O)[C@@H]3CC[C@@H](NC(=O)OC(C)(C)C)CO3)c2n1. The van der Waals surface area contributed by atoms with Crippen molar-refractivity contribution in [3.05, 3.63) is 24.4 Å². The molecule has 2 amide bonds. The highest BCUT2D eigenvalue weighted by atomic mass is 16.6. The maximum Gasteiger partial charge on any atom is 0.407 e. The Kier molecular flexibility index (Phi) is 6.17. The number of nitrogens with one attached hydrogen (secondary N) is 2. The van der Waals surface area contributed by atoms with Crippen LogP contribution >= 0.6 is 0 Å². The first kappa shape index (κ1) is 20.8. The van der Waals surface area contributed by atoms with E-state index in [0.29, 0.717) is 35.4 Å². The molecule has 0 bridgehead atoms. The van der Waals surface area contributed by atoms with Crippen LogP contribution in [0.5, 0.6) is 5.88 Å². The van der Waals surface area contributed by atoms with Gasteiger partial charge in [0.15, 0.2) is 0 Å². The van der Waals surface area contributed by atoms with Gasteiger partial charge in [0.05, 0.1) is 31.0 Å². The van der Waals surface area contributed by atoms with Crippen molar-refractivity contribution in [2.24, 2.45) is 0 Å². The first-order valence-corrected chi connectivity index (χ1v) is 9.47. The zero-order valence-corrected chi connectivity index (χ0v) is 17.0. The number of hydrogen-bond donors (Lipinski definition) is 2. The minimum absolute atomic E-state index is 0.193. The van der Waals surface area contributed by atoms with Crippen molar-refractivity contribution < 1.29 is 23.8 Å². The highest BCUT2D eigenvalue weighted by Crippen LogP contribution is 2.23. The van der Waals surface area contributed by atoms with Crippen molar-refractivity contribution in [1.82, 2.24) is 15.3 Å². The van der Waals surface area contributed by atoms with Crippen LogP contribution in [0.3, 0.4) is 0 Å². The zero-order valence-electron chi connectivity index (χ0n) is 17.0. The lowest BCUT2D eigenvalue weighted by Crippen LogP contribution is -2.47. The standard InChI is InChI=1S/C20H26N4O5/c1-20(2,3)29-19(26)22-12-5-7-15(28-11-12)18(25)23-14-9-10-21-13-6-8-16(27-4)24-17(13)14/h6,8-10,12,15H,5,7,11H2,1-4H3,(H,22,26)(H,21,23,25)/t12-,15+/m1/s1. The van der Waals surface area contributed by atoms with Gasteiger partial charge in [0, 0.05) is 12.3 Å². The molecule has 0 unspecified atom stereocenters. The third-order valence-corrected chi connectivity index (χ3v) is 4.31. The Bertz CT molecular complexity index is 888. The Hall–Kier alpha value is -2.94. The van der Waals surface area contributed by atoms with Crippen molar-refractivity contribution in [2.75, 3.05) is 19.0 Å². The van der Waals surface area contributed by atoms with Crippen LogP contribution in [0.1, 0.15) is 33.6 Å². The molecule has 1 saturated heterocycles. The average molecular weight is 402 g/mol. The van der Waals surface area contributed by atoms with Gasteiger partial charge in [0.1, 0.15) is 17.2 Å². The molecule has 1 aliphatic heterocycles. The van der Waals surface area contributed by atoms with Gasteiger partial charge in [-0.1, -0.05) is 0 Å². The summed E-state index contributed by atoms with van der Waals surface area (Å²) in [5.41, 5.74) is 1.17. The molecule has 2 aromatic heterocycles. The van der Waals surface area contributed by atoms with Gasteiger partial charge in [0.2, 0.25) is 5.88 Å². The highest BCUT2D eigenvalue weighted by molar-refractivity contribution is 6.01. The van der Waals surface area contributed by atoms with E-state index in [2.05, 4.69) is 20.6 Å². The number of anilines is 1. The predicted molar refractivity (Wildman–Crippen MR) is 107 cm³/mol. The average Bonchev–Trinajstić information content (AvgIpc) is 2.67. The molecule has 0 aliphatic carbocycles. The molecule has 9 nitrogen and oxygen atoms in total. The van der Waals surface area contributed by atoms with E-state index in [1.807, 2.05) is 0 Å². The number of aromatic nitrogens is 2. The zero-order chi connectivity index (χ0) is 21.0. The molecule has 2 aromatic rings. The van der Waals surface area contributed by atoms with E-state index in [1.54, 1.807) is 45.2 Å². The molecular weight excluding hydrogens is 376 g/mol. The number of carbonyl (C=O) groups excluding carboxylic acids is 2. The van der Waals surface area contributed by atoms with Crippen LogP contribution in [0.2, 0.25) is 0 Å². The second-order valence-electron chi connectivity index (χ2n) is 7.81. The first-order valence-electron chi connectivity index (χ1n) is 9.47. The molecule has 156 valence electrons. The highest BCUT2D eigenvalue weighted by Gasteiger charge is 2.29. The second-order valence-corrected chi connectivity index (χ2v) is 7.81. The molecule has 3 heterocycles. The molecule has 0 saturated carbocycles. The number of rotatable bonds is 4. The third-order valence-electron chi connectivity index (χ3n) is 4.31. The summed E-state index contributed by atoms with van der Waals surface area (Å²) in [6.07, 6.45) is 1.60. The second kappa shape index (κ2) is 8.60. The normalized spacial score (nSPS) is 19.4. The minimum atomic E-state index is -0.611. The van der Waals surface area contributed by atoms with Crippen LogP contribution in [0.15, 0.2) is 24.4 Å². The van der Waals surface area contributed by atoms with E-state index in [9.17, 15) is 9.59 Å². The number of fused-ring (bicyclic) bond motifs is 1. The fourth-order valence-corrected chi connectivity index (χ4v) is 2.98. The largest absolute Gasteiger partial charge is 0.481 e. The maximum atomic E-state index is 12.7. The molecule has 0 spiro atoms. The summed E-state index contributed by atoms with van der Waals surface area (Å²) in [6, 6.07) is 4.98. The molecule has 1 aliphatic rings. The van der Waals surface area contributed by atoms with Crippen molar-refractivity contribution in [3.63, 3.8) is 0 Å². The number of nitrogens with zero attached hydrogens (tertiary/aromatic N) is 2. The van der Waals surface area contributed by atoms with Gasteiger partial charge < -0.3 is 24.8 Å². The van der Waals surface area contributed by atoms with E-state index in [0.717, 1.165) is 0 Å². The number of methoxy groups -OCH3 is 1. The molecular formula is C20H26N4O5. The Labute approximate surface area is 169 Å². The third kappa shape index (κ3) is 5.54. The number of alkyl carbamates (subject to hydrolysis) is 1. The monoisotopic (exact) mass is 402 g/mol. The van der Waals surface area contributed by atoms with Crippen LogP contribution in [-0.2, 0) is 14.3 Å². The Morgan fingerprint density at radius 1 is 1.21 bits per heavy atom. The van der Waals surface area contributed by atoms with Crippen LogP contribution < -0.4 is 15.4 Å².